The Morgan fingerprint density at radius 3 is 2.81 bits per heavy atom. The van der Waals surface area contributed by atoms with Crippen LogP contribution in [0.15, 0.2) is 63.1 Å². The minimum Gasteiger partial charge on any atom is -0.395 e. The molecule has 36 heavy (non-hydrogen) atoms. The van der Waals surface area contributed by atoms with Crippen LogP contribution in [-0.4, -0.2) is 86.2 Å². The van der Waals surface area contributed by atoms with Crippen LogP contribution < -0.4 is 5.32 Å². The monoisotopic (exact) mass is 512 g/mol. The molecule has 2 unspecified atom stereocenters. The lowest BCUT2D eigenvalue weighted by Crippen LogP contribution is -2.55. The molecule has 194 valence electrons. The SMILES string of the molecule is CCS(=O)(=O)c1cccc(C2=CC3=C(C)C=NC34CCC(C)N(C(=O)NCCN(C)CCO)C4=C2)c1. The summed E-state index contributed by atoms with van der Waals surface area (Å²) in [4.78, 5) is 22.5. The quantitative estimate of drug-likeness (QED) is 0.558. The number of hydrogen-bond acceptors (Lipinski definition) is 6. The lowest BCUT2D eigenvalue weighted by Gasteiger charge is -2.47. The van der Waals surface area contributed by atoms with E-state index in [2.05, 4.69) is 11.4 Å². The maximum atomic E-state index is 13.5. The number of amides is 2. The maximum absolute atomic E-state index is 13.5. The van der Waals surface area contributed by atoms with E-state index in [1.165, 1.54) is 0 Å². The van der Waals surface area contributed by atoms with E-state index in [1.54, 1.807) is 25.1 Å². The third kappa shape index (κ3) is 4.79. The standard InChI is InChI=1S/C27H36N4O4S/c1-5-36(34,35)23-8-6-7-21(15-23)22-16-24-19(2)18-29-27(24)10-9-20(3)31(25(27)17-22)26(33)28-11-12-30(4)13-14-32/h6-8,15-18,20,32H,5,9-14H2,1-4H3,(H,28,33). The summed E-state index contributed by atoms with van der Waals surface area (Å²) in [6.07, 6.45) is 7.61. The van der Waals surface area contributed by atoms with E-state index in [-0.39, 0.29) is 24.4 Å². The molecule has 0 aromatic heterocycles. The first-order chi connectivity index (χ1) is 17.1. The Kier molecular flexibility index (Phi) is 7.54. The van der Waals surface area contributed by atoms with Crippen LogP contribution >= 0.6 is 0 Å². The van der Waals surface area contributed by atoms with Gasteiger partial charge in [-0.25, -0.2) is 13.2 Å². The lowest BCUT2D eigenvalue weighted by atomic mass is 9.73. The van der Waals surface area contributed by atoms with Crippen molar-refractivity contribution in [1.29, 1.82) is 0 Å². The topological polar surface area (TPSA) is 102 Å². The summed E-state index contributed by atoms with van der Waals surface area (Å²) in [6, 6.07) is 6.83. The van der Waals surface area contributed by atoms with Crippen LogP contribution in [0.4, 0.5) is 4.79 Å². The molecular formula is C27H36N4O4S. The fourth-order valence-electron chi connectivity index (χ4n) is 5.19. The average Bonchev–Trinajstić information content (AvgIpc) is 3.19. The van der Waals surface area contributed by atoms with Gasteiger partial charge in [0.1, 0.15) is 5.54 Å². The molecule has 1 fully saturated rings. The molecule has 8 nitrogen and oxygen atoms in total. The zero-order chi connectivity index (χ0) is 26.1. The molecule has 9 heteroatoms. The number of allylic oxidation sites excluding steroid dienone is 3. The Morgan fingerprint density at radius 1 is 1.31 bits per heavy atom. The van der Waals surface area contributed by atoms with Crippen LogP contribution in [0, 0.1) is 0 Å². The molecular weight excluding hydrogens is 476 g/mol. The second-order valence-electron chi connectivity index (χ2n) is 9.79. The van der Waals surface area contributed by atoms with E-state index >= 15 is 0 Å². The van der Waals surface area contributed by atoms with Gasteiger partial charge in [0.2, 0.25) is 0 Å². The molecule has 2 aliphatic heterocycles. The summed E-state index contributed by atoms with van der Waals surface area (Å²) in [5, 5.41) is 12.2. The van der Waals surface area contributed by atoms with E-state index in [4.69, 9.17) is 10.1 Å². The molecule has 1 spiro atoms. The van der Waals surface area contributed by atoms with Crippen molar-refractivity contribution >= 4 is 27.7 Å². The van der Waals surface area contributed by atoms with Crippen LogP contribution in [0.1, 0.15) is 39.2 Å². The molecule has 0 radical (unpaired) electrons. The number of rotatable bonds is 8. The minimum atomic E-state index is -3.35. The van der Waals surface area contributed by atoms with Crippen molar-refractivity contribution in [3.63, 3.8) is 0 Å². The number of nitrogens with one attached hydrogen (secondary N) is 1. The molecule has 2 N–H and O–H groups in total. The number of aliphatic hydroxyl groups excluding tert-OH is 1. The minimum absolute atomic E-state index is 0.0134. The van der Waals surface area contributed by atoms with Gasteiger partial charge < -0.3 is 15.3 Å². The Morgan fingerprint density at radius 2 is 2.08 bits per heavy atom. The first-order valence-electron chi connectivity index (χ1n) is 12.5. The Bertz CT molecular complexity index is 1260. The summed E-state index contributed by atoms with van der Waals surface area (Å²) in [6.45, 7) is 7.44. The third-order valence-corrected chi connectivity index (χ3v) is 9.10. The van der Waals surface area contributed by atoms with Crippen molar-refractivity contribution < 1.29 is 18.3 Å². The highest BCUT2D eigenvalue weighted by Gasteiger charge is 2.50. The number of nitrogens with zero attached hydrogens (tertiary/aromatic N) is 3. The Balaban J connectivity index is 1.72. The van der Waals surface area contributed by atoms with Crippen LogP contribution in [-0.2, 0) is 9.84 Å². The normalized spacial score (nSPS) is 23.4. The lowest BCUT2D eigenvalue weighted by molar-refractivity contribution is 0.164. The maximum Gasteiger partial charge on any atom is 0.322 e. The largest absolute Gasteiger partial charge is 0.395 e. The van der Waals surface area contributed by atoms with E-state index in [1.807, 2.05) is 49.1 Å². The van der Waals surface area contributed by atoms with E-state index in [0.717, 1.165) is 40.8 Å². The van der Waals surface area contributed by atoms with Crippen LogP contribution in [0.2, 0.25) is 0 Å². The van der Waals surface area contributed by atoms with Crippen molar-refractivity contribution in [2.24, 2.45) is 4.99 Å². The summed E-state index contributed by atoms with van der Waals surface area (Å²) < 4.78 is 25.1. The third-order valence-electron chi connectivity index (χ3n) is 7.37. The molecule has 1 saturated heterocycles. The van der Waals surface area contributed by atoms with Crippen LogP contribution in [0.25, 0.3) is 5.57 Å². The smallest absolute Gasteiger partial charge is 0.322 e. The Labute approximate surface area is 214 Å². The van der Waals surface area contributed by atoms with Gasteiger partial charge in [-0.05, 0) is 80.3 Å². The zero-order valence-corrected chi connectivity index (χ0v) is 22.3. The molecule has 4 rings (SSSR count). The highest BCUT2D eigenvalue weighted by Crippen LogP contribution is 2.50. The first kappa shape index (κ1) is 26.3. The summed E-state index contributed by atoms with van der Waals surface area (Å²) in [5.41, 5.74) is 4.00. The molecule has 1 aliphatic carbocycles. The van der Waals surface area contributed by atoms with Crippen molar-refractivity contribution in [2.75, 3.05) is 39.0 Å². The van der Waals surface area contributed by atoms with Gasteiger partial charge in [0, 0.05) is 31.9 Å². The summed E-state index contributed by atoms with van der Waals surface area (Å²) >= 11 is 0. The van der Waals surface area contributed by atoms with Gasteiger partial charge in [-0.3, -0.25) is 9.89 Å². The predicted molar refractivity (Wildman–Crippen MR) is 143 cm³/mol. The number of benzene rings is 1. The van der Waals surface area contributed by atoms with Crippen molar-refractivity contribution in [2.45, 2.75) is 50.1 Å². The fourth-order valence-corrected chi connectivity index (χ4v) is 6.11. The van der Waals surface area contributed by atoms with Crippen LogP contribution in [0.5, 0.6) is 0 Å². The predicted octanol–water partition coefficient (Wildman–Crippen LogP) is 3.02. The first-order valence-corrected chi connectivity index (χ1v) is 14.2. The van der Waals surface area contributed by atoms with Crippen molar-refractivity contribution in [3.05, 3.63) is 58.8 Å². The molecule has 3 aliphatic rings. The van der Waals surface area contributed by atoms with Gasteiger partial charge in [-0.1, -0.05) is 19.1 Å². The number of carbonyl (C=O) groups is 1. The fraction of sp³-hybridized carbons (Fsp3) is 0.481. The molecule has 0 saturated carbocycles. The molecule has 1 aromatic carbocycles. The number of likely N-dealkylation sites (N-methyl/N-ethyl adjacent to an activating group) is 1. The van der Waals surface area contributed by atoms with E-state index < -0.39 is 15.4 Å². The van der Waals surface area contributed by atoms with Crippen molar-refractivity contribution in [3.8, 4) is 0 Å². The van der Waals surface area contributed by atoms with E-state index in [9.17, 15) is 13.2 Å². The number of urea groups is 1. The number of carbonyl (C=O) groups excluding carboxylic acids is 1. The molecule has 2 heterocycles. The van der Waals surface area contributed by atoms with Gasteiger partial charge in [0.25, 0.3) is 0 Å². The number of likely N-dealkylation sites (tertiary alicyclic amines) is 1. The van der Waals surface area contributed by atoms with Gasteiger partial charge in [-0.15, -0.1) is 0 Å². The number of piperidine rings is 1. The second kappa shape index (κ2) is 10.3. The second-order valence-corrected chi connectivity index (χ2v) is 12.1. The van der Waals surface area contributed by atoms with Gasteiger partial charge in [0.15, 0.2) is 9.84 Å². The molecule has 2 amide bonds. The van der Waals surface area contributed by atoms with Gasteiger partial charge in [0.05, 0.1) is 23.0 Å². The van der Waals surface area contributed by atoms with E-state index in [0.29, 0.717) is 24.5 Å². The van der Waals surface area contributed by atoms with Gasteiger partial charge in [-0.2, -0.15) is 0 Å². The molecule has 0 bridgehead atoms. The highest BCUT2D eigenvalue weighted by atomic mass is 32.2. The number of hydrogen-bond donors (Lipinski definition) is 2. The van der Waals surface area contributed by atoms with Crippen LogP contribution in [0.3, 0.4) is 0 Å². The number of aliphatic hydroxyl groups is 1. The molecule has 2 atom stereocenters. The number of sulfone groups is 1. The van der Waals surface area contributed by atoms with Crippen molar-refractivity contribution in [1.82, 2.24) is 15.1 Å². The molecule has 1 aromatic rings. The summed E-state index contributed by atoms with van der Waals surface area (Å²) in [5.74, 6) is 0.0385. The summed E-state index contributed by atoms with van der Waals surface area (Å²) in [7, 11) is -1.44. The van der Waals surface area contributed by atoms with Gasteiger partial charge >= 0.3 is 6.03 Å². The Hall–Kier alpha value is -2.75. The number of aliphatic imine (C=N–C) groups is 1. The highest BCUT2D eigenvalue weighted by molar-refractivity contribution is 7.91. The average molecular weight is 513 g/mol. The zero-order valence-electron chi connectivity index (χ0n) is 21.5.